The van der Waals surface area contributed by atoms with Crippen LogP contribution < -0.4 is 4.74 Å². The van der Waals surface area contributed by atoms with Gasteiger partial charge in [0.1, 0.15) is 12.4 Å². The first-order chi connectivity index (χ1) is 5.75. The van der Waals surface area contributed by atoms with Crippen molar-refractivity contribution in [2.45, 2.75) is 0 Å². The highest BCUT2D eigenvalue weighted by Crippen LogP contribution is 2.31. The van der Waals surface area contributed by atoms with Crippen molar-refractivity contribution in [3.05, 3.63) is 39.8 Å². The summed E-state index contributed by atoms with van der Waals surface area (Å²) in [7, 11) is 0. The Bertz CT molecular complexity index is 284. The lowest BCUT2D eigenvalue weighted by Gasteiger charge is -2.06. The first-order valence-corrected chi connectivity index (χ1v) is 5.02. The number of benzene rings is 1. The Morgan fingerprint density at radius 2 is 2.17 bits per heavy atom. The van der Waals surface area contributed by atoms with E-state index in [1.807, 2.05) is 18.2 Å². The molecule has 12 heavy (non-hydrogen) atoms. The van der Waals surface area contributed by atoms with Crippen molar-refractivity contribution in [3.8, 4) is 5.75 Å². The molecule has 1 rings (SSSR count). The summed E-state index contributed by atoms with van der Waals surface area (Å²) in [6.07, 6.45) is 1.72. The molecule has 0 aromatic heterocycles. The highest BCUT2D eigenvalue weighted by atomic mass is 79.9. The molecule has 1 aromatic rings. The lowest BCUT2D eigenvalue weighted by molar-refractivity contribution is 0.360. The Kier molecular flexibility index (Phi) is 3.82. The molecule has 0 aliphatic rings. The fourth-order valence-corrected chi connectivity index (χ4v) is 1.47. The second-order valence-electron chi connectivity index (χ2n) is 2.15. The molecule has 0 radical (unpaired) electrons. The molecule has 3 heteroatoms. The van der Waals surface area contributed by atoms with Crippen molar-refractivity contribution >= 4 is 31.9 Å². The quantitative estimate of drug-likeness (QED) is 0.770. The maximum atomic E-state index is 5.37. The van der Waals surface area contributed by atoms with Gasteiger partial charge in [0.05, 0.1) is 4.47 Å². The van der Waals surface area contributed by atoms with Gasteiger partial charge in [-0.25, -0.2) is 0 Å². The molecule has 0 N–H and O–H groups in total. The second kappa shape index (κ2) is 4.67. The smallest absolute Gasteiger partial charge is 0.135 e. The third kappa shape index (κ3) is 2.35. The molecule has 64 valence electrons. The largest absolute Gasteiger partial charge is 0.488 e. The Morgan fingerprint density at radius 3 is 2.83 bits per heavy atom. The molecule has 0 unspecified atom stereocenters. The fraction of sp³-hybridized carbons (Fsp3) is 0.111. The highest BCUT2D eigenvalue weighted by molar-refractivity contribution is 9.13. The number of hydrogen-bond donors (Lipinski definition) is 0. The van der Waals surface area contributed by atoms with Gasteiger partial charge in [-0.3, -0.25) is 0 Å². The molecule has 0 spiro atoms. The lowest BCUT2D eigenvalue weighted by Crippen LogP contribution is -1.93. The Morgan fingerprint density at radius 1 is 1.42 bits per heavy atom. The second-order valence-corrected chi connectivity index (χ2v) is 3.80. The van der Waals surface area contributed by atoms with Crippen molar-refractivity contribution in [2.24, 2.45) is 0 Å². The molecule has 0 saturated carbocycles. The predicted molar refractivity (Wildman–Crippen MR) is 57.5 cm³/mol. The molecule has 1 nitrogen and oxygen atoms in total. The van der Waals surface area contributed by atoms with E-state index in [1.54, 1.807) is 6.08 Å². The average Bonchev–Trinajstić information content (AvgIpc) is 2.08. The zero-order valence-electron chi connectivity index (χ0n) is 6.39. The van der Waals surface area contributed by atoms with Gasteiger partial charge in [-0.1, -0.05) is 18.7 Å². The predicted octanol–water partition coefficient (Wildman–Crippen LogP) is 3.78. The van der Waals surface area contributed by atoms with E-state index >= 15 is 0 Å². The minimum Gasteiger partial charge on any atom is -0.488 e. The normalized spacial score (nSPS) is 9.50. The number of ether oxygens (including phenoxy) is 1. The van der Waals surface area contributed by atoms with E-state index in [1.165, 1.54) is 0 Å². The van der Waals surface area contributed by atoms with E-state index in [0.717, 1.165) is 14.7 Å². The molecule has 0 saturated heterocycles. The summed E-state index contributed by atoms with van der Waals surface area (Å²) in [5.74, 6) is 0.823. The topological polar surface area (TPSA) is 9.23 Å². The first-order valence-electron chi connectivity index (χ1n) is 3.43. The van der Waals surface area contributed by atoms with E-state index < -0.39 is 0 Å². The van der Waals surface area contributed by atoms with Crippen LogP contribution in [0.2, 0.25) is 0 Å². The van der Waals surface area contributed by atoms with Crippen LogP contribution in [0.3, 0.4) is 0 Å². The molecule has 0 atom stereocenters. The van der Waals surface area contributed by atoms with E-state index in [-0.39, 0.29) is 0 Å². The fourth-order valence-electron chi connectivity index (χ4n) is 0.744. The summed E-state index contributed by atoms with van der Waals surface area (Å²) >= 11 is 6.79. The van der Waals surface area contributed by atoms with Gasteiger partial charge in [0, 0.05) is 4.47 Å². The van der Waals surface area contributed by atoms with Crippen LogP contribution in [0.15, 0.2) is 39.8 Å². The van der Waals surface area contributed by atoms with Gasteiger partial charge in [-0.2, -0.15) is 0 Å². The van der Waals surface area contributed by atoms with Crippen molar-refractivity contribution in [2.75, 3.05) is 6.61 Å². The van der Waals surface area contributed by atoms with Crippen LogP contribution in [0.25, 0.3) is 0 Å². The van der Waals surface area contributed by atoms with Crippen LogP contribution in [0.5, 0.6) is 5.75 Å². The van der Waals surface area contributed by atoms with Crippen molar-refractivity contribution in [1.82, 2.24) is 0 Å². The van der Waals surface area contributed by atoms with Gasteiger partial charge in [0.15, 0.2) is 0 Å². The summed E-state index contributed by atoms with van der Waals surface area (Å²) in [4.78, 5) is 0. The van der Waals surface area contributed by atoms with Crippen molar-refractivity contribution in [3.63, 3.8) is 0 Å². The van der Waals surface area contributed by atoms with Crippen LogP contribution in [0.1, 0.15) is 0 Å². The highest BCUT2D eigenvalue weighted by Gasteiger charge is 2.02. The zero-order valence-corrected chi connectivity index (χ0v) is 9.56. The van der Waals surface area contributed by atoms with Crippen molar-refractivity contribution < 1.29 is 4.74 Å². The summed E-state index contributed by atoms with van der Waals surface area (Å²) in [5.41, 5.74) is 0. The van der Waals surface area contributed by atoms with Gasteiger partial charge < -0.3 is 4.74 Å². The van der Waals surface area contributed by atoms with Gasteiger partial charge in [0.2, 0.25) is 0 Å². The summed E-state index contributed by atoms with van der Waals surface area (Å²) in [5, 5.41) is 0. The number of halogens is 2. The molecule has 0 heterocycles. The third-order valence-electron chi connectivity index (χ3n) is 1.27. The van der Waals surface area contributed by atoms with E-state index in [2.05, 4.69) is 38.4 Å². The molecule has 0 bridgehead atoms. The molecular formula is C9H8Br2O. The third-order valence-corrected chi connectivity index (χ3v) is 3.28. The maximum absolute atomic E-state index is 5.37. The Labute approximate surface area is 88.7 Å². The molecule has 0 amide bonds. The first kappa shape index (κ1) is 9.81. The van der Waals surface area contributed by atoms with Crippen LogP contribution in [-0.4, -0.2) is 6.61 Å². The minimum absolute atomic E-state index is 0.523. The van der Waals surface area contributed by atoms with Crippen LogP contribution in [0, 0.1) is 0 Å². The SMILES string of the molecule is C=CCOc1cccc(Br)c1Br. The summed E-state index contributed by atoms with van der Waals surface area (Å²) in [6.45, 7) is 4.10. The minimum atomic E-state index is 0.523. The molecule has 0 fully saturated rings. The van der Waals surface area contributed by atoms with Crippen molar-refractivity contribution in [1.29, 1.82) is 0 Å². The summed E-state index contributed by atoms with van der Waals surface area (Å²) < 4.78 is 7.30. The van der Waals surface area contributed by atoms with Crippen LogP contribution in [0.4, 0.5) is 0 Å². The average molecular weight is 292 g/mol. The van der Waals surface area contributed by atoms with E-state index in [4.69, 9.17) is 4.74 Å². The maximum Gasteiger partial charge on any atom is 0.135 e. The van der Waals surface area contributed by atoms with Crippen LogP contribution in [-0.2, 0) is 0 Å². The van der Waals surface area contributed by atoms with Gasteiger partial charge in [0.25, 0.3) is 0 Å². The van der Waals surface area contributed by atoms with Gasteiger partial charge in [-0.15, -0.1) is 0 Å². The Balaban J connectivity index is 2.84. The number of rotatable bonds is 3. The molecule has 0 aliphatic heterocycles. The van der Waals surface area contributed by atoms with Gasteiger partial charge >= 0.3 is 0 Å². The zero-order chi connectivity index (χ0) is 8.97. The molecule has 0 aliphatic carbocycles. The molecular weight excluding hydrogens is 284 g/mol. The standard InChI is InChI=1S/C9H8Br2O/c1-2-6-12-8-5-3-4-7(10)9(8)11/h2-5H,1,6H2. The van der Waals surface area contributed by atoms with Gasteiger partial charge in [-0.05, 0) is 44.0 Å². The lowest BCUT2D eigenvalue weighted by atomic mass is 10.3. The molecule has 1 aromatic carbocycles. The van der Waals surface area contributed by atoms with E-state index in [9.17, 15) is 0 Å². The Hall–Kier alpha value is -0.280. The monoisotopic (exact) mass is 290 g/mol. The number of hydrogen-bond acceptors (Lipinski definition) is 1. The van der Waals surface area contributed by atoms with Crippen LogP contribution >= 0.6 is 31.9 Å². The summed E-state index contributed by atoms with van der Waals surface area (Å²) in [6, 6.07) is 5.77. The van der Waals surface area contributed by atoms with E-state index in [0.29, 0.717) is 6.61 Å².